The fraction of sp³-hybridized carbons (Fsp3) is 0.192. The Bertz CT molecular complexity index is 1660. The first kappa shape index (κ1) is 26.8. The monoisotopic (exact) mass is 561 g/mol. The SMILES string of the molecule is COC(=O)c1ccc(-c2cc(N3Cc4c(cccc4C(F)(F)F)C3=O)nc(C(F)(F)F)c2)c(-c2nncn2C)c1. The van der Waals surface area contributed by atoms with Crippen molar-refractivity contribution in [3.63, 3.8) is 0 Å². The highest BCUT2D eigenvalue weighted by molar-refractivity contribution is 6.10. The van der Waals surface area contributed by atoms with E-state index in [2.05, 4.69) is 15.2 Å². The highest BCUT2D eigenvalue weighted by atomic mass is 19.4. The zero-order valence-corrected chi connectivity index (χ0v) is 20.6. The van der Waals surface area contributed by atoms with Gasteiger partial charge in [-0.2, -0.15) is 26.3 Å². The third kappa shape index (κ3) is 4.65. The molecule has 4 aromatic rings. The van der Waals surface area contributed by atoms with Gasteiger partial charge in [0.15, 0.2) is 5.82 Å². The Labute approximate surface area is 221 Å². The van der Waals surface area contributed by atoms with Crippen molar-refractivity contribution in [1.29, 1.82) is 0 Å². The summed E-state index contributed by atoms with van der Waals surface area (Å²) in [6.45, 7) is -0.630. The summed E-state index contributed by atoms with van der Waals surface area (Å²) in [6, 6.07) is 9.02. The Kier molecular flexibility index (Phi) is 6.35. The molecule has 1 aliphatic heterocycles. The van der Waals surface area contributed by atoms with Gasteiger partial charge in [-0.15, -0.1) is 10.2 Å². The van der Waals surface area contributed by atoms with Gasteiger partial charge in [0.05, 0.1) is 24.8 Å². The molecule has 5 rings (SSSR count). The number of alkyl halides is 6. The van der Waals surface area contributed by atoms with Crippen molar-refractivity contribution in [2.45, 2.75) is 18.9 Å². The normalized spacial score (nSPS) is 13.5. The number of ether oxygens (including phenoxy) is 1. The Balaban J connectivity index is 1.70. The molecular weight excluding hydrogens is 544 g/mol. The maximum Gasteiger partial charge on any atom is 0.433 e. The zero-order chi connectivity index (χ0) is 29.0. The first-order chi connectivity index (χ1) is 18.8. The van der Waals surface area contributed by atoms with E-state index in [9.17, 15) is 35.9 Å². The van der Waals surface area contributed by atoms with Crippen LogP contribution in [-0.2, 0) is 30.7 Å². The van der Waals surface area contributed by atoms with Crippen LogP contribution in [0, 0.1) is 0 Å². The van der Waals surface area contributed by atoms with E-state index in [1.807, 2.05) is 0 Å². The average Bonchev–Trinajstić information content (AvgIpc) is 3.49. The standard InChI is InChI=1S/C26H17F6N5O3/c1-36-12-33-35-22(36)17-8-13(24(39)40-2)6-7-15(17)14-9-20(26(30,31)32)34-21(10-14)37-11-18-16(23(37)38)4-3-5-19(18)25(27,28)29/h3-10,12H,11H2,1-2H3. The maximum atomic E-state index is 14.0. The first-order valence-electron chi connectivity index (χ1n) is 11.5. The minimum Gasteiger partial charge on any atom is -0.465 e. The van der Waals surface area contributed by atoms with E-state index in [1.165, 1.54) is 41.2 Å². The lowest BCUT2D eigenvalue weighted by Crippen LogP contribution is -2.25. The molecule has 0 saturated heterocycles. The fourth-order valence-electron chi connectivity index (χ4n) is 4.49. The van der Waals surface area contributed by atoms with E-state index in [4.69, 9.17) is 4.74 Å². The van der Waals surface area contributed by atoms with Crippen LogP contribution >= 0.6 is 0 Å². The number of benzene rings is 2. The number of methoxy groups -OCH3 is 1. The van der Waals surface area contributed by atoms with E-state index in [-0.39, 0.29) is 39.2 Å². The molecule has 2 aromatic heterocycles. The lowest BCUT2D eigenvalue weighted by Gasteiger charge is -2.19. The van der Waals surface area contributed by atoms with Gasteiger partial charge in [-0.3, -0.25) is 9.69 Å². The van der Waals surface area contributed by atoms with Crippen LogP contribution < -0.4 is 4.90 Å². The average molecular weight is 561 g/mol. The van der Waals surface area contributed by atoms with Crippen LogP contribution in [0.25, 0.3) is 22.5 Å². The van der Waals surface area contributed by atoms with Crippen molar-refractivity contribution in [3.8, 4) is 22.5 Å². The molecule has 0 spiro atoms. The lowest BCUT2D eigenvalue weighted by atomic mass is 9.96. The number of hydrogen-bond donors (Lipinski definition) is 0. The van der Waals surface area contributed by atoms with Gasteiger partial charge in [0.25, 0.3) is 5.91 Å². The van der Waals surface area contributed by atoms with Crippen LogP contribution in [0.4, 0.5) is 32.2 Å². The summed E-state index contributed by atoms with van der Waals surface area (Å²) in [5, 5.41) is 7.78. The van der Waals surface area contributed by atoms with Crippen molar-refractivity contribution in [1.82, 2.24) is 19.7 Å². The second kappa shape index (κ2) is 9.47. The van der Waals surface area contributed by atoms with Crippen LogP contribution in [0.15, 0.2) is 54.9 Å². The Hall–Kier alpha value is -4.75. The summed E-state index contributed by atoms with van der Waals surface area (Å²) in [5.41, 5.74) is -2.69. The molecule has 0 N–H and O–H groups in total. The summed E-state index contributed by atoms with van der Waals surface area (Å²) in [5.74, 6) is -1.93. The van der Waals surface area contributed by atoms with Crippen molar-refractivity contribution in [3.05, 3.63) is 82.8 Å². The molecule has 0 bridgehead atoms. The van der Waals surface area contributed by atoms with Gasteiger partial charge in [-0.05, 0) is 53.1 Å². The van der Waals surface area contributed by atoms with E-state index >= 15 is 0 Å². The minimum absolute atomic E-state index is 0.0773. The molecule has 14 heteroatoms. The molecule has 40 heavy (non-hydrogen) atoms. The summed E-state index contributed by atoms with van der Waals surface area (Å²) >= 11 is 0. The number of carbonyl (C=O) groups excluding carboxylic acids is 2. The van der Waals surface area contributed by atoms with Gasteiger partial charge in [0.1, 0.15) is 17.8 Å². The highest BCUT2D eigenvalue weighted by Crippen LogP contribution is 2.41. The van der Waals surface area contributed by atoms with Crippen molar-refractivity contribution >= 4 is 17.7 Å². The predicted octanol–water partition coefficient (Wildman–Crippen LogP) is 5.53. The number of nitrogens with zero attached hydrogens (tertiary/aromatic N) is 5. The highest BCUT2D eigenvalue weighted by Gasteiger charge is 2.41. The molecule has 0 unspecified atom stereocenters. The number of pyridine rings is 1. The molecule has 0 fully saturated rings. The van der Waals surface area contributed by atoms with Gasteiger partial charge in [0, 0.05) is 18.2 Å². The van der Waals surface area contributed by atoms with Crippen LogP contribution in [0.3, 0.4) is 0 Å². The minimum atomic E-state index is -4.96. The molecule has 206 valence electrons. The number of rotatable bonds is 4. The Morgan fingerprint density at radius 3 is 2.33 bits per heavy atom. The number of halogens is 6. The fourth-order valence-corrected chi connectivity index (χ4v) is 4.49. The zero-order valence-electron chi connectivity index (χ0n) is 20.6. The second-order valence-corrected chi connectivity index (χ2v) is 8.84. The molecular formula is C26H17F6N5O3. The van der Waals surface area contributed by atoms with Crippen molar-refractivity contribution in [2.24, 2.45) is 7.05 Å². The number of amides is 1. The molecule has 2 aromatic carbocycles. The van der Waals surface area contributed by atoms with Gasteiger partial charge in [-0.1, -0.05) is 12.1 Å². The molecule has 1 amide bonds. The number of aryl methyl sites for hydroxylation is 1. The van der Waals surface area contributed by atoms with E-state index in [0.29, 0.717) is 0 Å². The summed E-state index contributed by atoms with van der Waals surface area (Å²) in [6.07, 6.45) is -8.39. The molecule has 8 nitrogen and oxygen atoms in total. The summed E-state index contributed by atoms with van der Waals surface area (Å²) < 4.78 is 88.9. The molecule has 1 aliphatic rings. The van der Waals surface area contributed by atoms with Gasteiger partial charge < -0.3 is 9.30 Å². The number of fused-ring (bicyclic) bond motifs is 1. The lowest BCUT2D eigenvalue weighted by molar-refractivity contribution is -0.141. The number of carbonyl (C=O) groups is 2. The number of aromatic nitrogens is 4. The van der Waals surface area contributed by atoms with Crippen molar-refractivity contribution in [2.75, 3.05) is 12.0 Å². The van der Waals surface area contributed by atoms with Crippen molar-refractivity contribution < 1.29 is 40.7 Å². The molecule has 3 heterocycles. The molecule has 0 aliphatic carbocycles. The first-order valence-corrected chi connectivity index (χ1v) is 11.5. The van der Waals surface area contributed by atoms with E-state index < -0.39 is 47.8 Å². The Morgan fingerprint density at radius 1 is 0.950 bits per heavy atom. The number of anilines is 1. The van der Waals surface area contributed by atoms with Crippen LogP contribution in [0.1, 0.15) is 37.5 Å². The summed E-state index contributed by atoms with van der Waals surface area (Å²) in [4.78, 5) is 29.6. The largest absolute Gasteiger partial charge is 0.465 e. The third-order valence-electron chi connectivity index (χ3n) is 6.36. The second-order valence-electron chi connectivity index (χ2n) is 8.84. The number of hydrogen-bond acceptors (Lipinski definition) is 6. The van der Waals surface area contributed by atoms with Crippen LogP contribution in [0.2, 0.25) is 0 Å². The number of esters is 1. The third-order valence-corrected chi connectivity index (χ3v) is 6.36. The van der Waals surface area contributed by atoms with E-state index in [0.717, 1.165) is 30.2 Å². The van der Waals surface area contributed by atoms with Gasteiger partial charge >= 0.3 is 18.3 Å². The van der Waals surface area contributed by atoms with Crippen LogP contribution in [0.5, 0.6) is 0 Å². The molecule has 0 atom stereocenters. The Morgan fingerprint density at radius 2 is 1.70 bits per heavy atom. The quantitative estimate of drug-likeness (QED) is 0.241. The van der Waals surface area contributed by atoms with Crippen LogP contribution in [-0.4, -0.2) is 38.7 Å². The topological polar surface area (TPSA) is 90.2 Å². The molecule has 0 saturated carbocycles. The molecule has 0 radical (unpaired) electrons. The van der Waals surface area contributed by atoms with Gasteiger partial charge in [-0.25, -0.2) is 9.78 Å². The summed E-state index contributed by atoms with van der Waals surface area (Å²) in [7, 11) is 2.75. The maximum absolute atomic E-state index is 14.0. The van der Waals surface area contributed by atoms with Gasteiger partial charge in [0.2, 0.25) is 0 Å². The smallest absolute Gasteiger partial charge is 0.433 e. The van der Waals surface area contributed by atoms with E-state index in [1.54, 1.807) is 7.05 Å². The predicted molar refractivity (Wildman–Crippen MR) is 128 cm³/mol.